The van der Waals surface area contributed by atoms with E-state index in [0.717, 1.165) is 16.7 Å². The van der Waals surface area contributed by atoms with Crippen LogP contribution in [0.25, 0.3) is 5.69 Å². The van der Waals surface area contributed by atoms with Crippen molar-refractivity contribution in [2.45, 2.75) is 6.18 Å². The molecule has 0 fully saturated rings. The quantitative estimate of drug-likeness (QED) is 0.756. The Morgan fingerprint density at radius 2 is 1.80 bits per heavy atom. The fourth-order valence-corrected chi connectivity index (χ4v) is 2.25. The highest BCUT2D eigenvalue weighted by Crippen LogP contribution is 2.35. The van der Waals surface area contributed by atoms with Crippen molar-refractivity contribution in [1.82, 2.24) is 13.9 Å². The topological polar surface area (TPSA) is 31.9 Å². The molecule has 0 bridgehead atoms. The molecule has 0 aliphatic carbocycles. The molecule has 1 heterocycles. The number of benzene rings is 1. The second kappa shape index (κ2) is 4.78. The Morgan fingerprint density at radius 1 is 1.20 bits per heavy atom. The van der Waals surface area contributed by atoms with Gasteiger partial charge in [-0.3, -0.25) is 4.68 Å². The first-order valence-corrected chi connectivity index (χ1v) is 6.15. The third-order valence-electron chi connectivity index (χ3n) is 2.90. The van der Waals surface area contributed by atoms with E-state index in [-0.39, 0.29) is 10.5 Å². The van der Waals surface area contributed by atoms with Crippen molar-refractivity contribution in [3.05, 3.63) is 44.0 Å². The number of hydrogen-bond acceptors (Lipinski definition) is 2. The SMILES string of the molecule is Cn1c(=O)n(-c2ccc(Cl)c(C(F)(F)F)c2)c(=S)n1C. The molecular weight excluding hydrogens is 315 g/mol. The van der Waals surface area contributed by atoms with Crippen LogP contribution in [0.2, 0.25) is 5.02 Å². The summed E-state index contributed by atoms with van der Waals surface area (Å²) in [5.74, 6) is 0. The van der Waals surface area contributed by atoms with Gasteiger partial charge in [-0.05, 0) is 30.4 Å². The van der Waals surface area contributed by atoms with Crippen molar-refractivity contribution < 1.29 is 13.2 Å². The lowest BCUT2D eigenvalue weighted by atomic mass is 10.2. The van der Waals surface area contributed by atoms with Crippen LogP contribution in [0.3, 0.4) is 0 Å². The van der Waals surface area contributed by atoms with Crippen LogP contribution in [-0.2, 0) is 20.3 Å². The molecule has 0 unspecified atom stereocenters. The summed E-state index contributed by atoms with van der Waals surface area (Å²) in [6.45, 7) is 0. The van der Waals surface area contributed by atoms with Crippen molar-refractivity contribution in [1.29, 1.82) is 0 Å². The van der Waals surface area contributed by atoms with E-state index >= 15 is 0 Å². The van der Waals surface area contributed by atoms with Gasteiger partial charge in [0.1, 0.15) is 0 Å². The molecular formula is C11H9ClF3N3OS. The Hall–Kier alpha value is -1.54. The summed E-state index contributed by atoms with van der Waals surface area (Å²) in [7, 11) is 3.01. The van der Waals surface area contributed by atoms with E-state index in [4.69, 9.17) is 23.8 Å². The van der Waals surface area contributed by atoms with Gasteiger partial charge in [0, 0.05) is 14.1 Å². The Kier molecular flexibility index (Phi) is 3.55. The molecule has 20 heavy (non-hydrogen) atoms. The Morgan fingerprint density at radius 3 is 2.25 bits per heavy atom. The second-order valence-electron chi connectivity index (χ2n) is 4.11. The number of nitrogens with zero attached hydrogens (tertiary/aromatic N) is 3. The molecule has 108 valence electrons. The number of rotatable bonds is 1. The molecule has 0 spiro atoms. The van der Waals surface area contributed by atoms with E-state index in [0.29, 0.717) is 0 Å². The zero-order valence-electron chi connectivity index (χ0n) is 10.4. The van der Waals surface area contributed by atoms with Crippen molar-refractivity contribution in [3.63, 3.8) is 0 Å². The Balaban J connectivity index is 2.77. The molecule has 0 aliphatic heterocycles. The molecule has 1 aromatic carbocycles. The minimum absolute atomic E-state index is 0.0212. The van der Waals surface area contributed by atoms with Gasteiger partial charge in [0.15, 0.2) is 0 Å². The maximum absolute atomic E-state index is 12.8. The van der Waals surface area contributed by atoms with E-state index in [2.05, 4.69) is 0 Å². The van der Waals surface area contributed by atoms with E-state index in [9.17, 15) is 18.0 Å². The van der Waals surface area contributed by atoms with Gasteiger partial charge in [-0.25, -0.2) is 14.0 Å². The smallest absolute Gasteiger partial charge is 0.259 e. The van der Waals surface area contributed by atoms with Gasteiger partial charge in [0.2, 0.25) is 4.77 Å². The molecule has 2 aromatic rings. The first-order valence-electron chi connectivity index (χ1n) is 5.36. The summed E-state index contributed by atoms with van der Waals surface area (Å²) < 4.78 is 42.1. The van der Waals surface area contributed by atoms with E-state index in [1.54, 1.807) is 7.05 Å². The summed E-state index contributed by atoms with van der Waals surface area (Å²) in [5.41, 5.74) is -1.52. The first kappa shape index (κ1) is 14.9. The summed E-state index contributed by atoms with van der Waals surface area (Å²) >= 11 is 10.6. The number of alkyl halides is 3. The average Bonchev–Trinajstić information content (AvgIpc) is 2.54. The van der Waals surface area contributed by atoms with Crippen molar-refractivity contribution in [3.8, 4) is 5.69 Å². The standard InChI is InChI=1S/C11H9ClF3N3OS/c1-16-9(19)18(10(20)17(16)2)6-3-4-8(12)7(5-6)11(13,14)15/h3-5H,1-2H3. The van der Waals surface area contributed by atoms with E-state index < -0.39 is 22.5 Å². The van der Waals surface area contributed by atoms with E-state index in [1.807, 2.05) is 0 Å². The van der Waals surface area contributed by atoms with Gasteiger partial charge in [0.25, 0.3) is 0 Å². The zero-order chi connectivity index (χ0) is 15.2. The molecule has 0 N–H and O–H groups in total. The van der Waals surface area contributed by atoms with Crippen LogP contribution in [0.4, 0.5) is 13.2 Å². The highest BCUT2D eigenvalue weighted by molar-refractivity contribution is 7.71. The molecule has 0 aliphatic rings. The summed E-state index contributed by atoms with van der Waals surface area (Å²) in [5, 5.41) is -0.430. The summed E-state index contributed by atoms with van der Waals surface area (Å²) in [4.78, 5) is 12.0. The number of hydrogen-bond donors (Lipinski definition) is 0. The molecule has 0 atom stereocenters. The van der Waals surface area contributed by atoms with Gasteiger partial charge < -0.3 is 0 Å². The maximum Gasteiger partial charge on any atom is 0.417 e. The molecule has 0 radical (unpaired) electrons. The van der Waals surface area contributed by atoms with Crippen molar-refractivity contribution in [2.75, 3.05) is 0 Å². The van der Waals surface area contributed by atoms with Gasteiger partial charge >= 0.3 is 11.9 Å². The van der Waals surface area contributed by atoms with Crippen molar-refractivity contribution in [2.24, 2.45) is 14.1 Å². The largest absolute Gasteiger partial charge is 0.417 e. The van der Waals surface area contributed by atoms with E-state index in [1.165, 1.54) is 22.5 Å². The van der Waals surface area contributed by atoms with Crippen LogP contribution >= 0.6 is 23.8 Å². The van der Waals surface area contributed by atoms with Crippen molar-refractivity contribution >= 4 is 23.8 Å². The van der Waals surface area contributed by atoms with Gasteiger partial charge in [-0.2, -0.15) is 13.2 Å². The third kappa shape index (κ3) is 2.29. The second-order valence-corrected chi connectivity index (χ2v) is 4.88. The van der Waals surface area contributed by atoms with Gasteiger partial charge in [-0.1, -0.05) is 11.6 Å². The molecule has 1 aromatic heterocycles. The minimum atomic E-state index is -4.60. The summed E-state index contributed by atoms with van der Waals surface area (Å²) in [6.07, 6.45) is -4.60. The molecule has 0 amide bonds. The highest BCUT2D eigenvalue weighted by Gasteiger charge is 2.33. The zero-order valence-corrected chi connectivity index (χ0v) is 12.0. The number of halogens is 4. The van der Waals surface area contributed by atoms with Crippen LogP contribution < -0.4 is 5.69 Å². The van der Waals surface area contributed by atoms with Crippen LogP contribution in [0.1, 0.15) is 5.56 Å². The first-order chi connectivity index (χ1) is 9.14. The average molecular weight is 324 g/mol. The fourth-order valence-electron chi connectivity index (χ4n) is 1.72. The molecule has 0 saturated carbocycles. The lowest BCUT2D eigenvalue weighted by molar-refractivity contribution is -0.137. The van der Waals surface area contributed by atoms with Crippen LogP contribution in [0, 0.1) is 4.77 Å². The number of aromatic nitrogens is 3. The predicted octanol–water partition coefficient (Wildman–Crippen LogP) is 2.92. The minimum Gasteiger partial charge on any atom is -0.259 e. The van der Waals surface area contributed by atoms with Gasteiger partial charge in [-0.15, -0.1) is 0 Å². The van der Waals surface area contributed by atoms with Crippen LogP contribution in [0.15, 0.2) is 23.0 Å². The fraction of sp³-hybridized carbons (Fsp3) is 0.273. The van der Waals surface area contributed by atoms with Gasteiger partial charge in [0.05, 0.1) is 16.3 Å². The lowest BCUT2D eigenvalue weighted by Gasteiger charge is -2.10. The third-order valence-corrected chi connectivity index (χ3v) is 3.68. The monoisotopic (exact) mass is 323 g/mol. The Bertz CT molecular complexity index is 754. The molecule has 2 rings (SSSR count). The molecule has 9 heteroatoms. The van der Waals surface area contributed by atoms with Crippen LogP contribution in [-0.4, -0.2) is 13.9 Å². The predicted molar refractivity (Wildman–Crippen MR) is 70.8 cm³/mol. The Labute approximate surface area is 121 Å². The molecule has 0 saturated heterocycles. The van der Waals surface area contributed by atoms with Crippen LogP contribution in [0.5, 0.6) is 0 Å². The normalized spacial score (nSPS) is 11.9. The molecule has 4 nitrogen and oxygen atoms in total. The lowest BCUT2D eigenvalue weighted by Crippen LogP contribution is -2.23. The summed E-state index contributed by atoms with van der Waals surface area (Å²) in [6, 6.07) is 3.21. The maximum atomic E-state index is 12.8. The highest BCUT2D eigenvalue weighted by atomic mass is 35.5.